The van der Waals surface area contributed by atoms with Gasteiger partial charge >= 0.3 is 0 Å². The van der Waals surface area contributed by atoms with Crippen LogP contribution in [0, 0.1) is 5.41 Å². The Labute approximate surface area is 95.9 Å². The van der Waals surface area contributed by atoms with Gasteiger partial charge in [-0.25, -0.2) is 0 Å². The van der Waals surface area contributed by atoms with Gasteiger partial charge < -0.3 is 5.11 Å². The summed E-state index contributed by atoms with van der Waals surface area (Å²) in [5.41, 5.74) is 3.96. The van der Waals surface area contributed by atoms with Crippen molar-refractivity contribution >= 4 is 0 Å². The second-order valence-electron chi connectivity index (χ2n) is 3.88. The van der Waals surface area contributed by atoms with E-state index < -0.39 is 0 Å². The fourth-order valence-corrected chi connectivity index (χ4v) is 1.82. The number of rotatable bonds is 0. The molecule has 0 heterocycles. The number of hydrogen-bond acceptors (Lipinski definition) is 1. The van der Waals surface area contributed by atoms with Crippen molar-refractivity contribution in [2.45, 2.75) is 66.9 Å². The van der Waals surface area contributed by atoms with E-state index in [0.29, 0.717) is 0 Å². The molecule has 1 nitrogen and oxygen atoms in total. The maximum atomic E-state index is 9.57. The lowest BCUT2D eigenvalue weighted by Crippen LogP contribution is -2.29. The molecule has 1 atom stereocenters. The van der Waals surface area contributed by atoms with Crippen LogP contribution in [-0.4, -0.2) is 11.2 Å². The Morgan fingerprint density at radius 3 is 2.00 bits per heavy atom. The summed E-state index contributed by atoms with van der Waals surface area (Å²) in [4.78, 5) is 0. The van der Waals surface area contributed by atoms with Crippen LogP contribution in [-0.2, 0) is 0 Å². The molecule has 0 radical (unpaired) electrons. The molecule has 90 valence electrons. The summed E-state index contributed by atoms with van der Waals surface area (Å²) < 4.78 is 0. The third-order valence-corrected chi connectivity index (χ3v) is 2.53. The first-order chi connectivity index (χ1) is 7.08. The fraction of sp³-hybridized carbons (Fsp3) is 0.786. The third-order valence-electron chi connectivity index (χ3n) is 2.53. The molecule has 0 saturated heterocycles. The zero-order valence-electron chi connectivity index (χ0n) is 11.4. The first kappa shape index (κ1) is 16.9. The van der Waals surface area contributed by atoms with Crippen molar-refractivity contribution in [2.75, 3.05) is 0 Å². The van der Waals surface area contributed by atoms with Gasteiger partial charge in [-0.2, -0.15) is 0 Å². The lowest BCUT2D eigenvalue weighted by Gasteiger charge is -2.34. The normalized spacial score (nSPS) is 22.6. The van der Waals surface area contributed by atoms with Crippen molar-refractivity contribution in [3.63, 3.8) is 0 Å². The second-order valence-corrected chi connectivity index (χ2v) is 3.88. The van der Waals surface area contributed by atoms with Crippen LogP contribution in [0.3, 0.4) is 0 Å². The van der Waals surface area contributed by atoms with Crippen LogP contribution in [0.4, 0.5) is 0 Å². The average Bonchev–Trinajstić information content (AvgIpc) is 2.23. The number of hydrogen-bond donors (Lipinski definition) is 1. The van der Waals surface area contributed by atoms with Crippen LogP contribution in [0.15, 0.2) is 17.9 Å². The molecule has 0 bridgehead atoms. The van der Waals surface area contributed by atoms with Crippen LogP contribution in [0.2, 0.25) is 0 Å². The van der Waals surface area contributed by atoms with Crippen LogP contribution in [0.25, 0.3) is 0 Å². The molecule has 0 aromatic carbocycles. The minimum absolute atomic E-state index is 0.111. The maximum Gasteiger partial charge on any atom is 0.0828 e. The molecule has 1 heteroatoms. The Morgan fingerprint density at radius 2 is 1.73 bits per heavy atom. The summed E-state index contributed by atoms with van der Waals surface area (Å²) in [6, 6.07) is 0. The summed E-state index contributed by atoms with van der Waals surface area (Å²) in [5, 5.41) is 9.57. The van der Waals surface area contributed by atoms with E-state index in [2.05, 4.69) is 26.2 Å². The minimum Gasteiger partial charge on any atom is -0.388 e. The molecule has 1 rings (SSSR count). The molecular weight excluding hydrogens is 184 g/mol. The van der Waals surface area contributed by atoms with Crippen molar-refractivity contribution < 1.29 is 5.11 Å². The summed E-state index contributed by atoms with van der Waals surface area (Å²) in [6.07, 6.45) is 2.83. The van der Waals surface area contributed by atoms with E-state index >= 15 is 0 Å². The van der Waals surface area contributed by atoms with Gasteiger partial charge in [-0.15, -0.1) is 5.73 Å². The van der Waals surface area contributed by atoms with Gasteiger partial charge in [0.25, 0.3) is 0 Å². The summed E-state index contributed by atoms with van der Waals surface area (Å²) in [5.74, 6) is 0. The first-order valence-corrected chi connectivity index (χ1v) is 6.16. The Balaban J connectivity index is 0. The molecule has 1 N–H and O–H groups in total. The van der Waals surface area contributed by atoms with Crippen LogP contribution in [0.5, 0.6) is 0 Å². The Morgan fingerprint density at radius 1 is 1.27 bits per heavy atom. The lowest BCUT2D eigenvalue weighted by molar-refractivity contribution is 0.135. The molecular formula is C14H28O. The molecule has 1 saturated carbocycles. The van der Waals surface area contributed by atoms with E-state index in [1.165, 1.54) is 0 Å². The maximum absolute atomic E-state index is 9.57. The van der Waals surface area contributed by atoms with Crippen LogP contribution < -0.4 is 0 Å². The molecule has 1 aliphatic carbocycles. The highest BCUT2D eigenvalue weighted by Crippen LogP contribution is 2.39. The quantitative estimate of drug-likeness (QED) is 0.593. The highest BCUT2D eigenvalue weighted by Gasteiger charge is 2.31. The van der Waals surface area contributed by atoms with E-state index in [9.17, 15) is 5.11 Å². The highest BCUT2D eigenvalue weighted by molar-refractivity contribution is 5.17. The topological polar surface area (TPSA) is 20.2 Å². The van der Waals surface area contributed by atoms with Crippen molar-refractivity contribution in [3.05, 3.63) is 17.9 Å². The number of aliphatic hydroxyl groups excluding tert-OH is 1. The SMILES string of the molecule is C=C=C1C(O)CCCC1(C)C.CC.CC. The predicted molar refractivity (Wildman–Crippen MR) is 69.0 cm³/mol. The number of aliphatic hydroxyl groups is 1. The van der Waals surface area contributed by atoms with E-state index in [-0.39, 0.29) is 11.5 Å². The van der Waals surface area contributed by atoms with Gasteiger partial charge in [0.1, 0.15) is 0 Å². The van der Waals surface area contributed by atoms with Crippen LogP contribution >= 0.6 is 0 Å². The molecule has 0 aromatic heterocycles. The molecule has 1 aliphatic rings. The van der Waals surface area contributed by atoms with Gasteiger partial charge in [0.2, 0.25) is 0 Å². The van der Waals surface area contributed by atoms with Gasteiger partial charge in [-0.1, -0.05) is 48.1 Å². The van der Waals surface area contributed by atoms with Gasteiger partial charge in [0.05, 0.1) is 6.10 Å². The van der Waals surface area contributed by atoms with Crippen LogP contribution in [0.1, 0.15) is 60.8 Å². The average molecular weight is 212 g/mol. The van der Waals surface area contributed by atoms with Gasteiger partial charge in [0.15, 0.2) is 0 Å². The molecule has 0 aromatic rings. The summed E-state index contributed by atoms with van der Waals surface area (Å²) in [7, 11) is 0. The van der Waals surface area contributed by atoms with Gasteiger partial charge in [0, 0.05) is 5.57 Å². The van der Waals surface area contributed by atoms with Gasteiger partial charge in [-0.05, 0) is 24.7 Å². The first-order valence-electron chi connectivity index (χ1n) is 6.16. The largest absolute Gasteiger partial charge is 0.388 e. The Bertz CT molecular complexity index is 197. The van der Waals surface area contributed by atoms with E-state index in [4.69, 9.17) is 0 Å². The molecule has 0 amide bonds. The van der Waals surface area contributed by atoms with E-state index in [1.807, 2.05) is 27.7 Å². The molecule has 1 fully saturated rings. The summed E-state index contributed by atoms with van der Waals surface area (Å²) in [6.45, 7) is 15.9. The zero-order chi connectivity index (χ0) is 12.5. The van der Waals surface area contributed by atoms with Gasteiger partial charge in [-0.3, -0.25) is 0 Å². The standard InChI is InChI=1S/C10H16O.2C2H6/c1-4-8-9(11)6-5-7-10(8,2)3;2*1-2/h9,11H,1,5-7H2,2-3H3;2*1-2H3. The van der Waals surface area contributed by atoms with E-state index in [0.717, 1.165) is 24.8 Å². The van der Waals surface area contributed by atoms with Crippen molar-refractivity contribution in [1.82, 2.24) is 0 Å². The second kappa shape index (κ2) is 8.76. The lowest BCUT2D eigenvalue weighted by atomic mass is 9.72. The molecule has 15 heavy (non-hydrogen) atoms. The molecule has 1 unspecified atom stereocenters. The third kappa shape index (κ3) is 5.20. The van der Waals surface area contributed by atoms with Crippen molar-refractivity contribution in [2.24, 2.45) is 5.41 Å². The minimum atomic E-state index is -0.295. The molecule has 0 spiro atoms. The van der Waals surface area contributed by atoms with E-state index in [1.54, 1.807) is 0 Å². The fourth-order valence-electron chi connectivity index (χ4n) is 1.82. The Hall–Kier alpha value is -0.520. The zero-order valence-corrected chi connectivity index (χ0v) is 11.4. The van der Waals surface area contributed by atoms with Crippen molar-refractivity contribution in [3.8, 4) is 0 Å². The summed E-state index contributed by atoms with van der Waals surface area (Å²) >= 11 is 0. The predicted octanol–water partition coefficient (Wildman–Crippen LogP) is 4.32. The smallest absolute Gasteiger partial charge is 0.0828 e. The highest BCUT2D eigenvalue weighted by atomic mass is 16.3. The monoisotopic (exact) mass is 212 g/mol. The molecule has 0 aliphatic heterocycles. The van der Waals surface area contributed by atoms with Crippen molar-refractivity contribution in [1.29, 1.82) is 0 Å². The Kier molecular flexibility index (Phi) is 9.87.